The van der Waals surface area contributed by atoms with Crippen molar-refractivity contribution in [1.29, 1.82) is 0 Å². The van der Waals surface area contributed by atoms with E-state index in [-0.39, 0.29) is 0 Å². The number of nitrogens with zero attached hydrogens (tertiary/aromatic N) is 2. The van der Waals surface area contributed by atoms with Gasteiger partial charge in [-0.3, -0.25) is 0 Å². The molecule has 0 unspecified atom stereocenters. The van der Waals surface area contributed by atoms with Crippen LogP contribution in [0, 0.1) is 0 Å². The monoisotopic (exact) mass is 92.1 g/mol. The Morgan fingerprint density at radius 3 is 2.57 bits per heavy atom. The van der Waals surface area contributed by atoms with E-state index in [0.717, 1.165) is 5.46 Å². The van der Waals surface area contributed by atoms with Gasteiger partial charge in [0.2, 0.25) is 0 Å². The normalized spacial score (nSPS) is 8.57. The molecule has 0 saturated heterocycles. The van der Waals surface area contributed by atoms with E-state index in [1.807, 2.05) is 13.9 Å². The minimum atomic E-state index is 1.15. The summed E-state index contributed by atoms with van der Waals surface area (Å²) >= 11 is 0. The van der Waals surface area contributed by atoms with Crippen molar-refractivity contribution in [3.8, 4) is 0 Å². The van der Waals surface area contributed by atoms with Crippen LogP contribution in [0.25, 0.3) is 0 Å². The van der Waals surface area contributed by atoms with E-state index in [1.54, 1.807) is 12.4 Å². The van der Waals surface area contributed by atoms with Gasteiger partial charge < -0.3 is 0 Å². The first-order valence-electron chi connectivity index (χ1n) is 2.13. The molecule has 3 heteroatoms. The molecule has 0 radical (unpaired) electrons. The Morgan fingerprint density at radius 1 is 1.43 bits per heavy atom. The highest BCUT2D eigenvalue weighted by atomic mass is 15.1. The third kappa shape index (κ3) is 0.997. The zero-order valence-electron chi connectivity index (χ0n) is 4.13. The maximum absolute atomic E-state index is 3.63. The SMILES string of the molecule is Bc1ccnnc1. The second kappa shape index (κ2) is 1.73. The van der Waals surface area contributed by atoms with E-state index in [1.165, 1.54) is 0 Å². The van der Waals surface area contributed by atoms with Crippen molar-refractivity contribution >= 4 is 13.3 Å². The van der Waals surface area contributed by atoms with Crippen LogP contribution in [0.3, 0.4) is 0 Å². The van der Waals surface area contributed by atoms with Gasteiger partial charge in [-0.15, -0.1) is 0 Å². The Kier molecular flexibility index (Phi) is 1.07. The average Bonchev–Trinajstić information content (AvgIpc) is 1.69. The first-order valence-corrected chi connectivity index (χ1v) is 2.13. The quantitative estimate of drug-likeness (QED) is 0.373. The molecule has 2 nitrogen and oxygen atoms in total. The molecule has 0 aliphatic heterocycles. The Balaban J connectivity index is 3.02. The Bertz CT molecular complexity index is 140. The van der Waals surface area contributed by atoms with Gasteiger partial charge in [0.15, 0.2) is 0 Å². The van der Waals surface area contributed by atoms with E-state index in [4.69, 9.17) is 0 Å². The van der Waals surface area contributed by atoms with Crippen LogP contribution in [-0.4, -0.2) is 18.0 Å². The summed E-state index contributed by atoms with van der Waals surface area (Å²) in [6.45, 7) is 0. The van der Waals surface area contributed by atoms with Crippen LogP contribution >= 0.6 is 0 Å². The smallest absolute Gasteiger partial charge is 0.141 e. The van der Waals surface area contributed by atoms with Crippen molar-refractivity contribution in [2.75, 3.05) is 0 Å². The van der Waals surface area contributed by atoms with Gasteiger partial charge in [0.25, 0.3) is 0 Å². The summed E-state index contributed by atoms with van der Waals surface area (Å²) in [6, 6.07) is 1.91. The predicted octanol–water partition coefficient (Wildman–Crippen LogP) is -1.27. The minimum Gasteiger partial charge on any atom is -0.160 e. The molecule has 34 valence electrons. The first-order chi connectivity index (χ1) is 3.39. The molecule has 0 aliphatic carbocycles. The summed E-state index contributed by atoms with van der Waals surface area (Å²) in [5.74, 6) is 0. The van der Waals surface area contributed by atoms with Crippen molar-refractivity contribution in [3.05, 3.63) is 18.5 Å². The van der Waals surface area contributed by atoms with Crippen molar-refractivity contribution in [1.82, 2.24) is 10.2 Å². The lowest BCUT2D eigenvalue weighted by Crippen LogP contribution is -2.01. The van der Waals surface area contributed by atoms with Gasteiger partial charge in [-0.05, 0) is 6.07 Å². The molecule has 0 N–H and O–H groups in total. The molecule has 0 aliphatic rings. The van der Waals surface area contributed by atoms with E-state index in [0.29, 0.717) is 0 Å². The molecular weight excluding hydrogens is 86.9 g/mol. The van der Waals surface area contributed by atoms with Gasteiger partial charge in [-0.25, -0.2) is 0 Å². The average molecular weight is 91.9 g/mol. The van der Waals surface area contributed by atoms with Gasteiger partial charge >= 0.3 is 0 Å². The fourth-order valence-electron chi connectivity index (χ4n) is 0.357. The second-order valence-corrected chi connectivity index (χ2v) is 1.42. The first kappa shape index (κ1) is 4.31. The van der Waals surface area contributed by atoms with Gasteiger partial charge in [0.1, 0.15) is 7.85 Å². The lowest BCUT2D eigenvalue weighted by Gasteiger charge is -1.80. The molecule has 0 saturated carbocycles. The van der Waals surface area contributed by atoms with Crippen LogP contribution in [0.15, 0.2) is 18.5 Å². The third-order valence-electron chi connectivity index (χ3n) is 0.732. The second-order valence-electron chi connectivity index (χ2n) is 1.42. The number of rotatable bonds is 0. The molecule has 0 amide bonds. The highest BCUT2D eigenvalue weighted by Gasteiger charge is 1.74. The van der Waals surface area contributed by atoms with Crippen molar-refractivity contribution in [2.24, 2.45) is 0 Å². The maximum Gasteiger partial charge on any atom is 0.141 e. The number of hydrogen-bond acceptors (Lipinski definition) is 2. The van der Waals surface area contributed by atoms with E-state index in [9.17, 15) is 0 Å². The molecule has 0 spiro atoms. The van der Waals surface area contributed by atoms with Gasteiger partial charge in [0, 0.05) is 12.4 Å². The molecule has 7 heavy (non-hydrogen) atoms. The van der Waals surface area contributed by atoms with Crippen molar-refractivity contribution in [3.63, 3.8) is 0 Å². The zero-order chi connectivity index (χ0) is 5.11. The lowest BCUT2D eigenvalue weighted by atomic mass is 10.0. The van der Waals surface area contributed by atoms with E-state index >= 15 is 0 Å². The fraction of sp³-hybridized carbons (Fsp3) is 0. The molecule has 0 fully saturated rings. The van der Waals surface area contributed by atoms with Gasteiger partial charge in [0.05, 0.1) is 0 Å². The molecule has 1 heterocycles. The van der Waals surface area contributed by atoms with Crippen molar-refractivity contribution < 1.29 is 0 Å². The predicted molar refractivity (Wildman–Crippen MR) is 30.2 cm³/mol. The Labute approximate surface area is 43.0 Å². The Morgan fingerprint density at radius 2 is 2.29 bits per heavy atom. The third-order valence-corrected chi connectivity index (χ3v) is 0.732. The highest BCUT2D eigenvalue weighted by molar-refractivity contribution is 6.31. The summed E-state index contributed by atoms with van der Waals surface area (Å²) in [5, 5.41) is 7.23. The topological polar surface area (TPSA) is 25.8 Å². The molecule has 1 rings (SSSR count). The standard InChI is InChI=1S/C4H5BN2/c5-4-1-2-6-7-3-4/h1-3H,5H2. The molecule has 0 aromatic carbocycles. The van der Waals surface area contributed by atoms with E-state index < -0.39 is 0 Å². The number of hydrogen-bond donors (Lipinski definition) is 0. The maximum atomic E-state index is 3.63. The summed E-state index contributed by atoms with van der Waals surface area (Å²) in [4.78, 5) is 0. The molecular formula is C4H5BN2. The van der Waals surface area contributed by atoms with Gasteiger partial charge in [-0.2, -0.15) is 10.2 Å². The molecule has 0 atom stereocenters. The summed E-state index contributed by atoms with van der Waals surface area (Å²) < 4.78 is 0. The summed E-state index contributed by atoms with van der Waals surface area (Å²) in [7, 11) is 1.98. The fourth-order valence-corrected chi connectivity index (χ4v) is 0.357. The Hall–Kier alpha value is -0.855. The zero-order valence-corrected chi connectivity index (χ0v) is 4.13. The van der Waals surface area contributed by atoms with E-state index in [2.05, 4.69) is 10.2 Å². The lowest BCUT2D eigenvalue weighted by molar-refractivity contribution is 1.04. The molecule has 0 bridgehead atoms. The highest BCUT2D eigenvalue weighted by Crippen LogP contribution is 1.63. The van der Waals surface area contributed by atoms with Crippen molar-refractivity contribution in [2.45, 2.75) is 0 Å². The van der Waals surface area contributed by atoms with Crippen LogP contribution in [0.2, 0.25) is 0 Å². The number of aromatic nitrogens is 2. The summed E-state index contributed by atoms with van der Waals surface area (Å²) in [5.41, 5.74) is 1.15. The largest absolute Gasteiger partial charge is 0.160 e. The van der Waals surface area contributed by atoms with Crippen LogP contribution in [-0.2, 0) is 0 Å². The summed E-state index contributed by atoms with van der Waals surface area (Å²) in [6.07, 6.45) is 3.40. The van der Waals surface area contributed by atoms with Gasteiger partial charge in [-0.1, -0.05) is 5.46 Å². The molecule has 1 aromatic heterocycles. The van der Waals surface area contributed by atoms with Crippen LogP contribution < -0.4 is 5.46 Å². The minimum absolute atomic E-state index is 1.15. The molecule has 1 aromatic rings. The van der Waals surface area contributed by atoms with Crippen LogP contribution in [0.1, 0.15) is 0 Å². The van der Waals surface area contributed by atoms with Crippen LogP contribution in [0.4, 0.5) is 0 Å². The van der Waals surface area contributed by atoms with Crippen LogP contribution in [0.5, 0.6) is 0 Å².